The molecule has 0 radical (unpaired) electrons. The normalized spacial score (nSPS) is 15.8. The summed E-state index contributed by atoms with van der Waals surface area (Å²) in [6.45, 7) is 12.2. The number of carbonyl (C=O) groups is 1. The van der Waals surface area contributed by atoms with Gasteiger partial charge in [-0.1, -0.05) is 12.1 Å². The first kappa shape index (κ1) is 23.1. The largest absolute Gasteiger partial charge is 0.379 e. The Bertz CT molecular complexity index is 675. The Morgan fingerprint density at radius 3 is 2.62 bits per heavy atom. The van der Waals surface area contributed by atoms with Gasteiger partial charge in [0.2, 0.25) is 5.91 Å². The summed E-state index contributed by atoms with van der Waals surface area (Å²) in [5.74, 6) is 0.268. The first-order chi connectivity index (χ1) is 13.9. The number of halogens is 1. The van der Waals surface area contributed by atoms with Crippen LogP contribution in [0.15, 0.2) is 29.3 Å². The number of aliphatic imine (C=N–C) groups is 1. The molecule has 1 fully saturated rings. The molecular formula is C21H34FN5O2. The number of morpholine rings is 1. The van der Waals surface area contributed by atoms with E-state index in [1.807, 2.05) is 6.92 Å². The number of ether oxygens (including phenoxy) is 1. The third kappa shape index (κ3) is 8.37. The van der Waals surface area contributed by atoms with Gasteiger partial charge in [-0.25, -0.2) is 4.39 Å². The van der Waals surface area contributed by atoms with Crippen molar-refractivity contribution in [2.45, 2.75) is 32.7 Å². The van der Waals surface area contributed by atoms with Crippen molar-refractivity contribution < 1.29 is 13.9 Å². The van der Waals surface area contributed by atoms with E-state index < -0.39 is 0 Å². The van der Waals surface area contributed by atoms with E-state index in [1.165, 1.54) is 12.1 Å². The lowest BCUT2D eigenvalue weighted by molar-refractivity contribution is -0.120. The Morgan fingerprint density at radius 2 is 1.93 bits per heavy atom. The third-order valence-corrected chi connectivity index (χ3v) is 4.83. The van der Waals surface area contributed by atoms with Crippen LogP contribution < -0.4 is 16.0 Å². The summed E-state index contributed by atoms with van der Waals surface area (Å²) in [4.78, 5) is 19.1. The molecule has 1 aromatic carbocycles. The van der Waals surface area contributed by atoms with Gasteiger partial charge in [0.15, 0.2) is 5.96 Å². The lowest BCUT2D eigenvalue weighted by Crippen LogP contribution is -2.52. The van der Waals surface area contributed by atoms with Crippen LogP contribution in [0.1, 0.15) is 26.3 Å². The van der Waals surface area contributed by atoms with Crippen LogP contribution >= 0.6 is 0 Å². The highest BCUT2D eigenvalue weighted by Gasteiger charge is 2.28. The number of benzene rings is 1. The molecule has 1 amide bonds. The Labute approximate surface area is 173 Å². The van der Waals surface area contributed by atoms with Crippen molar-refractivity contribution in [2.24, 2.45) is 4.99 Å². The minimum Gasteiger partial charge on any atom is -0.379 e. The molecule has 0 spiro atoms. The molecular weight excluding hydrogens is 373 g/mol. The molecule has 3 N–H and O–H groups in total. The zero-order chi connectivity index (χ0) is 21.1. The van der Waals surface area contributed by atoms with Gasteiger partial charge in [0, 0.05) is 38.3 Å². The van der Waals surface area contributed by atoms with Crippen molar-refractivity contribution in [3.8, 4) is 0 Å². The minimum absolute atomic E-state index is 0.0503. The Hall–Kier alpha value is -2.19. The summed E-state index contributed by atoms with van der Waals surface area (Å²) >= 11 is 0. The summed E-state index contributed by atoms with van der Waals surface area (Å²) in [7, 11) is 0. The minimum atomic E-state index is -0.330. The molecule has 0 saturated carbocycles. The van der Waals surface area contributed by atoms with Crippen LogP contribution in [0.3, 0.4) is 0 Å². The van der Waals surface area contributed by atoms with Crippen molar-refractivity contribution in [1.29, 1.82) is 0 Å². The average Bonchev–Trinajstić information content (AvgIpc) is 2.70. The monoisotopic (exact) mass is 407 g/mol. The van der Waals surface area contributed by atoms with E-state index in [0.29, 0.717) is 25.2 Å². The van der Waals surface area contributed by atoms with Crippen LogP contribution in [0.5, 0.6) is 0 Å². The van der Waals surface area contributed by atoms with E-state index in [9.17, 15) is 9.18 Å². The molecule has 1 aliphatic rings. The number of carbonyl (C=O) groups excluding carboxylic acids is 1. The first-order valence-electron chi connectivity index (χ1n) is 10.3. The summed E-state index contributed by atoms with van der Waals surface area (Å²) < 4.78 is 18.6. The molecule has 2 rings (SSSR count). The number of hydrogen-bond donors (Lipinski definition) is 3. The summed E-state index contributed by atoms with van der Waals surface area (Å²) in [6, 6.07) is 6.10. The second-order valence-electron chi connectivity index (χ2n) is 7.69. The van der Waals surface area contributed by atoms with Crippen molar-refractivity contribution in [2.75, 3.05) is 52.5 Å². The number of guanidine groups is 1. The molecule has 0 bridgehead atoms. The van der Waals surface area contributed by atoms with Gasteiger partial charge < -0.3 is 20.7 Å². The highest BCUT2D eigenvalue weighted by molar-refractivity contribution is 5.80. The molecule has 29 heavy (non-hydrogen) atoms. The fraction of sp³-hybridized carbons (Fsp3) is 0.619. The van der Waals surface area contributed by atoms with Crippen LogP contribution in [0.4, 0.5) is 4.39 Å². The first-order valence-corrected chi connectivity index (χ1v) is 10.3. The maximum Gasteiger partial charge on any atom is 0.224 e. The zero-order valence-corrected chi connectivity index (χ0v) is 17.8. The molecule has 1 aromatic rings. The predicted molar refractivity (Wildman–Crippen MR) is 114 cm³/mol. The molecule has 8 heteroatoms. The lowest BCUT2D eigenvalue weighted by Gasteiger charge is -2.39. The number of hydrogen-bond acceptors (Lipinski definition) is 4. The van der Waals surface area contributed by atoms with Gasteiger partial charge in [-0.05, 0) is 38.5 Å². The summed E-state index contributed by atoms with van der Waals surface area (Å²) in [6.07, 6.45) is 0.166. The predicted octanol–water partition coefficient (Wildman–Crippen LogP) is 1.15. The molecule has 7 nitrogen and oxygen atoms in total. The molecule has 0 atom stereocenters. The zero-order valence-electron chi connectivity index (χ0n) is 17.8. The van der Waals surface area contributed by atoms with E-state index >= 15 is 0 Å². The van der Waals surface area contributed by atoms with Gasteiger partial charge >= 0.3 is 0 Å². The van der Waals surface area contributed by atoms with Gasteiger partial charge in [-0.15, -0.1) is 0 Å². The number of nitrogens with zero attached hydrogens (tertiary/aromatic N) is 2. The molecule has 0 aromatic heterocycles. The number of amides is 1. The van der Waals surface area contributed by atoms with Gasteiger partial charge in [-0.2, -0.15) is 0 Å². The van der Waals surface area contributed by atoms with E-state index in [2.05, 4.69) is 34.7 Å². The molecule has 1 heterocycles. The van der Waals surface area contributed by atoms with Gasteiger partial charge in [0.05, 0.1) is 26.2 Å². The smallest absolute Gasteiger partial charge is 0.224 e. The summed E-state index contributed by atoms with van der Waals surface area (Å²) in [5, 5.41) is 9.32. The Balaban J connectivity index is 1.75. The van der Waals surface area contributed by atoms with Crippen molar-refractivity contribution in [3.05, 3.63) is 35.6 Å². The Morgan fingerprint density at radius 1 is 1.21 bits per heavy atom. The quantitative estimate of drug-likeness (QED) is 0.325. The van der Waals surface area contributed by atoms with Crippen LogP contribution in [-0.2, 0) is 16.0 Å². The molecule has 162 valence electrons. The third-order valence-electron chi connectivity index (χ3n) is 4.83. The second-order valence-corrected chi connectivity index (χ2v) is 7.69. The second kappa shape index (κ2) is 11.7. The maximum atomic E-state index is 13.2. The average molecular weight is 408 g/mol. The van der Waals surface area contributed by atoms with E-state index in [-0.39, 0.29) is 23.7 Å². The number of rotatable bonds is 9. The van der Waals surface area contributed by atoms with E-state index in [1.54, 1.807) is 12.1 Å². The Kier molecular flexibility index (Phi) is 9.34. The molecule has 1 aliphatic heterocycles. The molecule has 1 saturated heterocycles. The molecule has 0 unspecified atom stereocenters. The van der Waals surface area contributed by atoms with Crippen LogP contribution in [0.2, 0.25) is 0 Å². The van der Waals surface area contributed by atoms with E-state index in [0.717, 1.165) is 38.8 Å². The van der Waals surface area contributed by atoms with Gasteiger partial charge in [-0.3, -0.25) is 14.7 Å². The van der Waals surface area contributed by atoms with Crippen LogP contribution in [0, 0.1) is 5.82 Å². The topological polar surface area (TPSA) is 78.0 Å². The fourth-order valence-electron chi connectivity index (χ4n) is 3.16. The van der Waals surface area contributed by atoms with E-state index in [4.69, 9.17) is 9.73 Å². The van der Waals surface area contributed by atoms with Crippen molar-refractivity contribution >= 4 is 11.9 Å². The standard InChI is InChI=1S/C21H34FN5O2/c1-4-23-20(26-16-21(2,3)27-10-12-29-13-11-27)25-9-8-24-19(28)15-17-6-5-7-18(22)14-17/h5-7,14H,4,8-13,15-16H2,1-3H3,(H,24,28)(H2,23,25,26). The van der Waals surface area contributed by atoms with Crippen LogP contribution in [-0.4, -0.2) is 74.8 Å². The number of nitrogens with one attached hydrogen (secondary N) is 3. The van der Waals surface area contributed by atoms with Gasteiger partial charge in [0.1, 0.15) is 5.82 Å². The van der Waals surface area contributed by atoms with Crippen molar-refractivity contribution in [3.63, 3.8) is 0 Å². The highest BCUT2D eigenvalue weighted by Crippen LogP contribution is 2.16. The van der Waals surface area contributed by atoms with Crippen LogP contribution in [0.25, 0.3) is 0 Å². The SMILES string of the molecule is CCNC(=NCC(C)(C)N1CCOCC1)NCCNC(=O)Cc1cccc(F)c1. The fourth-order valence-corrected chi connectivity index (χ4v) is 3.16. The highest BCUT2D eigenvalue weighted by atomic mass is 19.1. The maximum absolute atomic E-state index is 13.2. The molecule has 0 aliphatic carbocycles. The lowest BCUT2D eigenvalue weighted by atomic mass is 10.0. The van der Waals surface area contributed by atoms with Crippen molar-refractivity contribution in [1.82, 2.24) is 20.9 Å². The summed E-state index contributed by atoms with van der Waals surface area (Å²) in [5.41, 5.74) is 0.612. The van der Waals surface area contributed by atoms with Gasteiger partial charge in [0.25, 0.3) is 0 Å².